The van der Waals surface area contributed by atoms with E-state index < -0.39 is 5.97 Å². The van der Waals surface area contributed by atoms with Crippen LogP contribution in [0.1, 0.15) is 51.5 Å². The van der Waals surface area contributed by atoms with Crippen molar-refractivity contribution in [3.05, 3.63) is 34.4 Å². The van der Waals surface area contributed by atoms with Gasteiger partial charge in [-0.1, -0.05) is 6.42 Å². The predicted molar refractivity (Wildman–Crippen MR) is 76.5 cm³/mol. The number of carboxylic acids is 1. The highest BCUT2D eigenvalue weighted by molar-refractivity contribution is 6.13. The van der Waals surface area contributed by atoms with Crippen molar-refractivity contribution in [3.8, 4) is 0 Å². The molecule has 1 heterocycles. The third kappa shape index (κ3) is 1.91. The second-order valence-corrected chi connectivity index (χ2v) is 6.31. The van der Waals surface area contributed by atoms with Crippen LogP contribution in [0.4, 0.5) is 0 Å². The van der Waals surface area contributed by atoms with Gasteiger partial charge in [0, 0.05) is 43.3 Å². The first-order valence-electron chi connectivity index (χ1n) is 7.15. The SMILES string of the molecule is Cc1c(C(=O)O)oc2c1C(=O)/C(=C\N(C)C)C1(CCC1)C2. The lowest BCUT2D eigenvalue weighted by Crippen LogP contribution is -2.41. The van der Waals surface area contributed by atoms with E-state index in [9.17, 15) is 14.7 Å². The summed E-state index contributed by atoms with van der Waals surface area (Å²) in [5.41, 5.74) is 1.54. The van der Waals surface area contributed by atoms with Gasteiger partial charge >= 0.3 is 5.97 Å². The largest absolute Gasteiger partial charge is 0.475 e. The Bertz CT molecular complexity index is 662. The molecule has 1 fully saturated rings. The second-order valence-electron chi connectivity index (χ2n) is 6.31. The lowest BCUT2D eigenvalue weighted by atomic mass is 9.58. The highest BCUT2D eigenvalue weighted by Gasteiger charge is 2.50. The second kappa shape index (κ2) is 4.48. The van der Waals surface area contributed by atoms with Gasteiger partial charge in [-0.2, -0.15) is 0 Å². The van der Waals surface area contributed by atoms with Gasteiger partial charge in [0.05, 0.1) is 5.56 Å². The number of carbonyl (C=O) groups is 2. The van der Waals surface area contributed by atoms with Gasteiger partial charge in [-0.3, -0.25) is 4.79 Å². The molecule has 0 aromatic carbocycles. The van der Waals surface area contributed by atoms with E-state index in [1.165, 1.54) is 0 Å². The summed E-state index contributed by atoms with van der Waals surface area (Å²) in [5.74, 6) is -0.742. The number of furan rings is 1. The number of rotatable bonds is 2. The molecule has 0 atom stereocenters. The zero-order valence-electron chi connectivity index (χ0n) is 12.5. The topological polar surface area (TPSA) is 70.7 Å². The lowest BCUT2D eigenvalue weighted by molar-refractivity contribution is 0.0653. The van der Waals surface area contributed by atoms with Gasteiger partial charge < -0.3 is 14.4 Å². The van der Waals surface area contributed by atoms with Crippen LogP contribution in [-0.2, 0) is 6.42 Å². The average Bonchev–Trinajstić information content (AvgIpc) is 2.67. The summed E-state index contributed by atoms with van der Waals surface area (Å²) in [4.78, 5) is 26.0. The molecule has 0 saturated heterocycles. The summed E-state index contributed by atoms with van der Waals surface area (Å²) < 4.78 is 5.49. The first-order valence-corrected chi connectivity index (χ1v) is 7.15. The van der Waals surface area contributed by atoms with Crippen molar-refractivity contribution in [2.75, 3.05) is 14.1 Å². The van der Waals surface area contributed by atoms with E-state index in [2.05, 4.69) is 0 Å². The van der Waals surface area contributed by atoms with Crippen molar-refractivity contribution in [3.63, 3.8) is 0 Å². The Morgan fingerprint density at radius 2 is 2.05 bits per heavy atom. The Morgan fingerprint density at radius 1 is 1.38 bits per heavy atom. The van der Waals surface area contributed by atoms with Crippen molar-refractivity contribution in [1.82, 2.24) is 4.90 Å². The van der Waals surface area contributed by atoms with E-state index in [-0.39, 0.29) is 17.0 Å². The van der Waals surface area contributed by atoms with Gasteiger partial charge in [0.25, 0.3) is 0 Å². The lowest BCUT2D eigenvalue weighted by Gasteiger charge is -2.45. The molecule has 112 valence electrons. The Morgan fingerprint density at radius 3 is 2.52 bits per heavy atom. The van der Waals surface area contributed by atoms with E-state index >= 15 is 0 Å². The fraction of sp³-hybridized carbons (Fsp3) is 0.500. The summed E-state index contributed by atoms with van der Waals surface area (Å²) in [6.45, 7) is 1.65. The van der Waals surface area contributed by atoms with E-state index in [1.807, 2.05) is 25.2 Å². The molecule has 3 rings (SSSR count). The van der Waals surface area contributed by atoms with E-state index in [4.69, 9.17) is 4.42 Å². The maximum absolute atomic E-state index is 12.9. The van der Waals surface area contributed by atoms with Crippen LogP contribution in [-0.4, -0.2) is 35.9 Å². The van der Waals surface area contributed by atoms with Gasteiger partial charge in [0.1, 0.15) is 5.76 Å². The minimum Gasteiger partial charge on any atom is -0.475 e. The molecular formula is C16H19NO4. The Labute approximate surface area is 123 Å². The zero-order valence-corrected chi connectivity index (χ0v) is 12.5. The molecule has 1 saturated carbocycles. The monoisotopic (exact) mass is 289 g/mol. The number of hydrogen-bond donors (Lipinski definition) is 1. The van der Waals surface area contributed by atoms with Crippen molar-refractivity contribution >= 4 is 11.8 Å². The molecule has 5 heteroatoms. The zero-order chi connectivity index (χ0) is 15.4. The summed E-state index contributed by atoms with van der Waals surface area (Å²) in [6, 6.07) is 0. The molecule has 0 unspecified atom stereocenters. The van der Waals surface area contributed by atoms with Gasteiger partial charge in [-0.15, -0.1) is 0 Å². The number of aromatic carboxylic acids is 1. The maximum atomic E-state index is 12.9. The maximum Gasteiger partial charge on any atom is 0.372 e. The van der Waals surface area contributed by atoms with Crippen LogP contribution in [0.25, 0.3) is 0 Å². The normalized spacial score (nSPS) is 21.3. The molecule has 0 amide bonds. The fourth-order valence-corrected chi connectivity index (χ4v) is 3.48. The van der Waals surface area contributed by atoms with Crippen molar-refractivity contribution in [2.45, 2.75) is 32.6 Å². The minimum absolute atomic E-state index is 0.0709. The average molecular weight is 289 g/mol. The highest BCUT2D eigenvalue weighted by Crippen LogP contribution is 2.54. The van der Waals surface area contributed by atoms with Crippen LogP contribution >= 0.6 is 0 Å². The smallest absolute Gasteiger partial charge is 0.372 e. The molecule has 1 aromatic rings. The molecule has 2 aliphatic carbocycles. The third-order valence-corrected chi connectivity index (χ3v) is 4.65. The van der Waals surface area contributed by atoms with Crippen molar-refractivity contribution in [1.29, 1.82) is 0 Å². The minimum atomic E-state index is -1.12. The number of allylic oxidation sites excluding steroid dienone is 1. The van der Waals surface area contributed by atoms with Gasteiger partial charge in [0.2, 0.25) is 5.76 Å². The first-order chi connectivity index (χ1) is 9.85. The van der Waals surface area contributed by atoms with E-state index in [0.29, 0.717) is 23.3 Å². The molecule has 5 nitrogen and oxygen atoms in total. The fourth-order valence-electron chi connectivity index (χ4n) is 3.48. The molecule has 2 aliphatic rings. The molecule has 0 bridgehead atoms. The van der Waals surface area contributed by atoms with Crippen LogP contribution in [0, 0.1) is 12.3 Å². The van der Waals surface area contributed by atoms with E-state index in [0.717, 1.165) is 24.8 Å². The predicted octanol–water partition coefficient (Wildman–Crippen LogP) is 2.64. The summed E-state index contributed by atoms with van der Waals surface area (Å²) in [6.07, 6.45) is 5.53. The van der Waals surface area contributed by atoms with Gasteiger partial charge in [0.15, 0.2) is 5.78 Å². The third-order valence-electron chi connectivity index (χ3n) is 4.65. The number of nitrogens with zero attached hydrogens (tertiary/aromatic N) is 1. The van der Waals surface area contributed by atoms with Crippen LogP contribution < -0.4 is 0 Å². The number of Topliss-reactive ketones (excluding diaryl/α,β-unsaturated/α-hetero) is 1. The van der Waals surface area contributed by atoms with Gasteiger partial charge in [-0.05, 0) is 19.8 Å². The Kier molecular flexibility index (Phi) is 2.97. The number of fused-ring (bicyclic) bond motifs is 1. The number of hydrogen-bond acceptors (Lipinski definition) is 4. The van der Waals surface area contributed by atoms with Gasteiger partial charge in [-0.25, -0.2) is 4.79 Å². The molecule has 0 radical (unpaired) electrons. The van der Waals surface area contributed by atoms with Crippen molar-refractivity contribution < 1.29 is 19.1 Å². The number of carboxylic acid groups (broad SMARTS) is 1. The summed E-state index contributed by atoms with van der Waals surface area (Å²) >= 11 is 0. The highest BCUT2D eigenvalue weighted by atomic mass is 16.4. The van der Waals surface area contributed by atoms with Crippen LogP contribution in [0.3, 0.4) is 0 Å². The van der Waals surface area contributed by atoms with Crippen LogP contribution in [0.5, 0.6) is 0 Å². The van der Waals surface area contributed by atoms with Crippen LogP contribution in [0.15, 0.2) is 16.2 Å². The van der Waals surface area contributed by atoms with Crippen LogP contribution in [0.2, 0.25) is 0 Å². The molecule has 0 aliphatic heterocycles. The number of carbonyl (C=O) groups excluding carboxylic acids is 1. The Hall–Kier alpha value is -2.04. The number of ketones is 1. The first kappa shape index (κ1) is 13.9. The molecule has 21 heavy (non-hydrogen) atoms. The van der Waals surface area contributed by atoms with E-state index in [1.54, 1.807) is 6.92 Å². The molecule has 1 N–H and O–H groups in total. The Balaban J connectivity index is 2.16. The summed E-state index contributed by atoms with van der Waals surface area (Å²) in [7, 11) is 3.79. The quantitative estimate of drug-likeness (QED) is 0.847. The molecular weight excluding hydrogens is 270 g/mol. The molecule has 1 aromatic heterocycles. The molecule has 1 spiro atoms. The summed E-state index contributed by atoms with van der Waals surface area (Å²) in [5, 5.41) is 9.19. The van der Waals surface area contributed by atoms with Crippen molar-refractivity contribution in [2.24, 2.45) is 5.41 Å². The standard InChI is InChI=1S/C16H19NO4/c1-9-12-11(21-14(9)15(19)20)7-16(5-4-6-16)10(13(12)18)8-17(2)3/h8H,4-7H2,1-3H3,(H,19,20)/b10-8+.